The molecule has 0 radical (unpaired) electrons. The van der Waals surface area contributed by atoms with E-state index in [-0.39, 0.29) is 0 Å². The molecule has 1 fully saturated rings. The number of hydrogen-bond acceptors (Lipinski definition) is 1. The molecule has 2 unspecified atom stereocenters. The standard InChI is InChI=1S/C10H12SSe/c1-2-9(11-5-1)10-7-3-4-8(6-7)12-10/h2-4,7-8,10H,1,5-6H2/t7?,8?,10-/m1/s1. The van der Waals surface area contributed by atoms with Gasteiger partial charge in [0.15, 0.2) is 0 Å². The van der Waals surface area contributed by atoms with E-state index in [2.05, 4.69) is 30.0 Å². The molecule has 0 aromatic carbocycles. The molecule has 0 nitrogen and oxygen atoms in total. The molecular weight excluding hydrogens is 231 g/mol. The Hall–Kier alpha value is 0.349. The number of allylic oxidation sites excluding steroid dienone is 4. The van der Waals surface area contributed by atoms with Gasteiger partial charge in [0.2, 0.25) is 0 Å². The van der Waals surface area contributed by atoms with Gasteiger partial charge in [0.25, 0.3) is 0 Å². The third kappa shape index (κ3) is 1.13. The summed E-state index contributed by atoms with van der Waals surface area (Å²) in [5, 5.41) is 0. The monoisotopic (exact) mass is 244 g/mol. The van der Waals surface area contributed by atoms with E-state index in [1.165, 1.54) is 18.6 Å². The van der Waals surface area contributed by atoms with E-state index < -0.39 is 0 Å². The van der Waals surface area contributed by atoms with Crippen LogP contribution in [0.3, 0.4) is 0 Å². The van der Waals surface area contributed by atoms with Crippen molar-refractivity contribution < 1.29 is 0 Å². The van der Waals surface area contributed by atoms with E-state index in [0.717, 1.165) is 30.5 Å². The van der Waals surface area contributed by atoms with Crippen LogP contribution in [0.4, 0.5) is 0 Å². The van der Waals surface area contributed by atoms with Gasteiger partial charge in [-0.15, -0.1) is 0 Å². The first-order valence-electron chi connectivity index (χ1n) is 4.60. The van der Waals surface area contributed by atoms with E-state index in [0.29, 0.717) is 0 Å². The molecule has 0 aromatic rings. The molecule has 1 saturated heterocycles. The van der Waals surface area contributed by atoms with E-state index in [1.54, 1.807) is 4.91 Å². The summed E-state index contributed by atoms with van der Waals surface area (Å²) >= 11 is 3.01. The molecule has 2 aliphatic heterocycles. The second-order valence-electron chi connectivity index (χ2n) is 3.62. The third-order valence-corrected chi connectivity index (χ3v) is 7.68. The van der Waals surface area contributed by atoms with Crippen molar-refractivity contribution in [2.24, 2.45) is 5.92 Å². The first-order chi connectivity index (χ1) is 5.93. The Kier molecular flexibility index (Phi) is 1.89. The van der Waals surface area contributed by atoms with Gasteiger partial charge in [0.1, 0.15) is 0 Å². The quantitative estimate of drug-likeness (QED) is 0.504. The van der Waals surface area contributed by atoms with Crippen molar-refractivity contribution in [2.75, 3.05) is 5.75 Å². The van der Waals surface area contributed by atoms with E-state index in [4.69, 9.17) is 0 Å². The van der Waals surface area contributed by atoms with Gasteiger partial charge in [-0.25, -0.2) is 0 Å². The van der Waals surface area contributed by atoms with Crippen LogP contribution in [0.2, 0.25) is 9.63 Å². The van der Waals surface area contributed by atoms with Gasteiger partial charge in [-0.2, -0.15) is 0 Å². The minimum atomic E-state index is 0.891. The molecule has 2 heteroatoms. The zero-order valence-corrected chi connectivity index (χ0v) is 9.43. The zero-order chi connectivity index (χ0) is 7.97. The maximum absolute atomic E-state index is 2.49. The SMILES string of the molecule is C1=CC2CC1[Se][C@H]2C1=CCCS1. The van der Waals surface area contributed by atoms with Crippen molar-refractivity contribution >= 4 is 26.7 Å². The van der Waals surface area contributed by atoms with Crippen LogP contribution in [0, 0.1) is 5.92 Å². The fourth-order valence-corrected chi connectivity index (χ4v) is 7.18. The van der Waals surface area contributed by atoms with Gasteiger partial charge in [-0.05, 0) is 0 Å². The van der Waals surface area contributed by atoms with Crippen molar-refractivity contribution in [1.29, 1.82) is 0 Å². The van der Waals surface area contributed by atoms with Crippen LogP contribution in [-0.4, -0.2) is 20.7 Å². The Labute approximate surface area is 84.0 Å². The molecule has 64 valence electrons. The number of hydrogen-bond donors (Lipinski definition) is 0. The van der Waals surface area contributed by atoms with Gasteiger partial charge in [0.05, 0.1) is 0 Å². The zero-order valence-electron chi connectivity index (χ0n) is 6.90. The summed E-state index contributed by atoms with van der Waals surface area (Å²) in [6.07, 6.45) is 10.2. The van der Waals surface area contributed by atoms with Gasteiger partial charge in [0, 0.05) is 0 Å². The Morgan fingerprint density at radius 1 is 1.42 bits per heavy atom. The molecule has 0 aromatic heterocycles. The first kappa shape index (κ1) is 7.73. The van der Waals surface area contributed by atoms with Crippen molar-refractivity contribution in [3.8, 4) is 0 Å². The number of rotatable bonds is 1. The molecule has 3 atom stereocenters. The molecule has 0 spiro atoms. The van der Waals surface area contributed by atoms with Crippen molar-refractivity contribution in [3.05, 3.63) is 23.1 Å². The van der Waals surface area contributed by atoms with E-state index >= 15 is 0 Å². The maximum atomic E-state index is 2.49. The molecule has 12 heavy (non-hydrogen) atoms. The molecule has 0 N–H and O–H groups in total. The topological polar surface area (TPSA) is 0 Å². The molecule has 3 aliphatic rings. The van der Waals surface area contributed by atoms with E-state index in [9.17, 15) is 0 Å². The molecule has 2 bridgehead atoms. The van der Waals surface area contributed by atoms with Crippen LogP contribution in [0.5, 0.6) is 0 Å². The third-order valence-electron chi connectivity index (χ3n) is 2.80. The van der Waals surface area contributed by atoms with Gasteiger partial charge < -0.3 is 0 Å². The summed E-state index contributed by atoms with van der Waals surface area (Å²) in [4.78, 5) is 3.72. The molecular formula is C10H12SSe. The fraction of sp³-hybridized carbons (Fsp3) is 0.600. The second-order valence-corrected chi connectivity index (χ2v) is 7.70. The van der Waals surface area contributed by atoms with Crippen LogP contribution in [-0.2, 0) is 0 Å². The average molecular weight is 243 g/mol. The molecule has 1 aliphatic carbocycles. The Balaban J connectivity index is 1.82. The summed E-state index contributed by atoms with van der Waals surface area (Å²) < 4.78 is 0. The summed E-state index contributed by atoms with van der Waals surface area (Å²) in [5.41, 5.74) is 0. The fourth-order valence-electron chi connectivity index (χ4n) is 2.22. The van der Waals surface area contributed by atoms with Gasteiger partial charge >= 0.3 is 84.0 Å². The minimum absolute atomic E-state index is 0.891. The van der Waals surface area contributed by atoms with Crippen molar-refractivity contribution in [2.45, 2.75) is 22.5 Å². The number of thioether (sulfide) groups is 1. The van der Waals surface area contributed by atoms with Crippen LogP contribution < -0.4 is 0 Å². The van der Waals surface area contributed by atoms with Crippen LogP contribution in [0.15, 0.2) is 23.1 Å². The molecule has 0 amide bonds. The Morgan fingerprint density at radius 3 is 3.00 bits per heavy atom. The predicted octanol–water partition coefficient (Wildman–Crippen LogP) is 2.88. The van der Waals surface area contributed by atoms with Crippen molar-refractivity contribution in [3.63, 3.8) is 0 Å². The van der Waals surface area contributed by atoms with E-state index in [1.807, 2.05) is 0 Å². The molecule has 3 rings (SSSR count). The Morgan fingerprint density at radius 2 is 2.42 bits per heavy atom. The van der Waals surface area contributed by atoms with Crippen LogP contribution in [0.1, 0.15) is 12.8 Å². The summed E-state index contributed by atoms with van der Waals surface area (Å²) in [5.74, 6) is 2.29. The average Bonchev–Trinajstić information content (AvgIpc) is 2.81. The normalized spacial score (nSPS) is 44.0. The van der Waals surface area contributed by atoms with Gasteiger partial charge in [-0.1, -0.05) is 0 Å². The summed E-state index contributed by atoms with van der Waals surface area (Å²) in [6, 6.07) is 0. The van der Waals surface area contributed by atoms with Gasteiger partial charge in [-0.3, -0.25) is 0 Å². The summed E-state index contributed by atoms with van der Waals surface area (Å²) in [6.45, 7) is 0. The second kappa shape index (κ2) is 2.94. The first-order valence-corrected chi connectivity index (χ1v) is 7.56. The molecule has 2 heterocycles. The van der Waals surface area contributed by atoms with Crippen LogP contribution in [0.25, 0.3) is 0 Å². The van der Waals surface area contributed by atoms with Crippen molar-refractivity contribution in [1.82, 2.24) is 0 Å². The number of fused-ring (bicyclic) bond motifs is 2. The summed E-state index contributed by atoms with van der Waals surface area (Å²) in [7, 11) is 0. The van der Waals surface area contributed by atoms with Crippen LogP contribution >= 0.6 is 11.8 Å². The predicted molar refractivity (Wildman–Crippen MR) is 55.7 cm³/mol. The Bertz CT molecular complexity index is 257. The molecule has 0 saturated carbocycles.